The summed E-state index contributed by atoms with van der Waals surface area (Å²) in [5.74, 6) is -2.46. The number of nitrogens with one attached hydrogen (secondary N) is 1. The summed E-state index contributed by atoms with van der Waals surface area (Å²) < 4.78 is 27.1. The van der Waals surface area contributed by atoms with Crippen LogP contribution in [0.15, 0.2) is 28.2 Å². The molecule has 0 saturated heterocycles. The first-order valence-corrected chi connectivity index (χ1v) is 9.70. The standard InChI is InChI=1S/C19H18F2N4O2S/c1-3-25(2)18(27)12-7-11(12)16-13(8-22)17(26)24-19(23-16)28-9-10-5-4-6-14(20)15(10)21/h4-6,11-12H,3,7,9H2,1-2H3,(H,23,24,26). The van der Waals surface area contributed by atoms with Crippen LogP contribution in [0.1, 0.15) is 36.1 Å². The summed E-state index contributed by atoms with van der Waals surface area (Å²) in [6.45, 7) is 2.43. The largest absolute Gasteiger partial charge is 0.346 e. The maximum Gasteiger partial charge on any atom is 0.269 e. The molecule has 1 saturated carbocycles. The molecule has 146 valence electrons. The van der Waals surface area contributed by atoms with Crippen LogP contribution in [0.4, 0.5) is 8.78 Å². The molecule has 1 aromatic carbocycles. The molecule has 2 atom stereocenters. The van der Waals surface area contributed by atoms with Gasteiger partial charge in [-0.1, -0.05) is 23.9 Å². The Morgan fingerprint density at radius 1 is 1.46 bits per heavy atom. The minimum atomic E-state index is -0.945. The second kappa shape index (κ2) is 8.10. The van der Waals surface area contributed by atoms with Gasteiger partial charge in [0.2, 0.25) is 5.91 Å². The highest BCUT2D eigenvalue weighted by Crippen LogP contribution is 2.48. The third-order valence-corrected chi connectivity index (χ3v) is 5.66. The van der Waals surface area contributed by atoms with E-state index in [0.29, 0.717) is 13.0 Å². The fraction of sp³-hybridized carbons (Fsp3) is 0.368. The van der Waals surface area contributed by atoms with E-state index < -0.39 is 17.2 Å². The number of aromatic amines is 1. The Bertz CT molecular complexity index is 1020. The number of rotatable bonds is 6. The SMILES string of the molecule is CCN(C)C(=O)C1CC1c1nc(SCc2cccc(F)c2F)[nH]c(=O)c1C#N. The van der Waals surface area contributed by atoms with Gasteiger partial charge in [0, 0.05) is 36.7 Å². The maximum atomic E-state index is 13.8. The van der Waals surface area contributed by atoms with Gasteiger partial charge in [0.1, 0.15) is 11.6 Å². The van der Waals surface area contributed by atoms with Crippen LogP contribution >= 0.6 is 11.8 Å². The maximum absolute atomic E-state index is 13.8. The van der Waals surface area contributed by atoms with Crippen molar-refractivity contribution >= 4 is 17.7 Å². The normalized spacial score (nSPS) is 17.8. The summed E-state index contributed by atoms with van der Waals surface area (Å²) in [6, 6.07) is 5.74. The number of hydrogen-bond donors (Lipinski definition) is 1. The molecule has 1 N–H and O–H groups in total. The van der Waals surface area contributed by atoms with Crippen LogP contribution in [0.3, 0.4) is 0 Å². The van der Waals surface area contributed by atoms with E-state index in [9.17, 15) is 23.6 Å². The van der Waals surface area contributed by atoms with Crippen LogP contribution in [0.5, 0.6) is 0 Å². The van der Waals surface area contributed by atoms with Crippen LogP contribution in [-0.2, 0) is 10.5 Å². The van der Waals surface area contributed by atoms with Crippen LogP contribution < -0.4 is 5.56 Å². The number of carbonyl (C=O) groups excluding carboxylic acids is 1. The molecule has 9 heteroatoms. The van der Waals surface area contributed by atoms with Gasteiger partial charge in [-0.05, 0) is 19.4 Å². The molecule has 1 aliphatic carbocycles. The number of thioether (sulfide) groups is 1. The van der Waals surface area contributed by atoms with Crippen LogP contribution in [-0.4, -0.2) is 34.4 Å². The highest BCUT2D eigenvalue weighted by Gasteiger charge is 2.47. The monoisotopic (exact) mass is 404 g/mol. The molecule has 1 aromatic heterocycles. The van der Waals surface area contributed by atoms with Gasteiger partial charge >= 0.3 is 0 Å². The predicted octanol–water partition coefficient (Wildman–Crippen LogP) is 2.79. The van der Waals surface area contributed by atoms with E-state index in [2.05, 4.69) is 9.97 Å². The molecule has 3 rings (SSSR count). The predicted molar refractivity (Wildman–Crippen MR) is 99.7 cm³/mol. The Kier molecular flexibility index (Phi) is 5.79. The minimum Gasteiger partial charge on any atom is -0.346 e. The molecule has 1 amide bonds. The van der Waals surface area contributed by atoms with Gasteiger partial charge in [-0.25, -0.2) is 13.8 Å². The van der Waals surface area contributed by atoms with Crippen molar-refractivity contribution in [2.45, 2.75) is 30.2 Å². The van der Waals surface area contributed by atoms with Crippen molar-refractivity contribution < 1.29 is 13.6 Å². The van der Waals surface area contributed by atoms with E-state index in [4.69, 9.17) is 0 Å². The Balaban J connectivity index is 1.84. The van der Waals surface area contributed by atoms with E-state index in [1.54, 1.807) is 11.9 Å². The molecule has 1 heterocycles. The molecule has 0 spiro atoms. The molecule has 0 aliphatic heterocycles. The van der Waals surface area contributed by atoms with E-state index in [1.807, 2.05) is 13.0 Å². The Morgan fingerprint density at radius 2 is 2.21 bits per heavy atom. The second-order valence-electron chi connectivity index (χ2n) is 6.55. The second-order valence-corrected chi connectivity index (χ2v) is 7.51. The number of carbonyl (C=O) groups is 1. The number of hydrogen-bond acceptors (Lipinski definition) is 5. The third-order valence-electron chi connectivity index (χ3n) is 4.74. The van der Waals surface area contributed by atoms with Crippen molar-refractivity contribution in [2.24, 2.45) is 5.92 Å². The smallest absolute Gasteiger partial charge is 0.269 e. The third kappa shape index (κ3) is 3.92. The zero-order valence-corrected chi connectivity index (χ0v) is 16.1. The zero-order valence-electron chi connectivity index (χ0n) is 15.3. The van der Waals surface area contributed by atoms with Crippen molar-refractivity contribution in [3.63, 3.8) is 0 Å². The van der Waals surface area contributed by atoms with Crippen molar-refractivity contribution in [3.05, 3.63) is 57.0 Å². The summed E-state index contributed by atoms with van der Waals surface area (Å²) in [5.41, 5.74) is -0.281. The molecule has 1 fully saturated rings. The fourth-order valence-corrected chi connectivity index (χ4v) is 3.77. The van der Waals surface area contributed by atoms with Gasteiger partial charge in [0.05, 0.1) is 5.69 Å². The molecular formula is C19H18F2N4O2S. The van der Waals surface area contributed by atoms with Crippen LogP contribution in [0.2, 0.25) is 0 Å². The summed E-state index contributed by atoms with van der Waals surface area (Å²) in [4.78, 5) is 33.0. The fourth-order valence-electron chi connectivity index (χ4n) is 2.93. The molecule has 6 nitrogen and oxygen atoms in total. The van der Waals surface area contributed by atoms with Crippen molar-refractivity contribution in [1.29, 1.82) is 5.26 Å². The van der Waals surface area contributed by atoms with E-state index in [1.165, 1.54) is 12.1 Å². The zero-order chi connectivity index (χ0) is 20.4. The summed E-state index contributed by atoms with van der Waals surface area (Å²) >= 11 is 1.03. The van der Waals surface area contributed by atoms with Crippen molar-refractivity contribution in [1.82, 2.24) is 14.9 Å². The van der Waals surface area contributed by atoms with Gasteiger partial charge in [-0.2, -0.15) is 5.26 Å². The number of nitriles is 1. The Labute approximate surface area is 164 Å². The van der Waals surface area contributed by atoms with E-state index >= 15 is 0 Å². The molecule has 28 heavy (non-hydrogen) atoms. The Hall–Kier alpha value is -2.73. The molecule has 1 aliphatic rings. The van der Waals surface area contributed by atoms with Crippen LogP contribution in [0, 0.1) is 28.9 Å². The highest BCUT2D eigenvalue weighted by molar-refractivity contribution is 7.98. The summed E-state index contributed by atoms with van der Waals surface area (Å²) in [6.07, 6.45) is 0.525. The number of amides is 1. The van der Waals surface area contributed by atoms with Crippen molar-refractivity contribution in [2.75, 3.05) is 13.6 Å². The number of aromatic nitrogens is 2. The van der Waals surface area contributed by atoms with Gasteiger partial charge in [0.15, 0.2) is 16.8 Å². The Morgan fingerprint density at radius 3 is 2.89 bits per heavy atom. The number of halogens is 2. The number of nitrogens with zero attached hydrogens (tertiary/aromatic N) is 3. The number of benzene rings is 1. The van der Waals surface area contributed by atoms with E-state index in [-0.39, 0.29) is 45.5 Å². The van der Waals surface area contributed by atoms with Gasteiger partial charge in [0.25, 0.3) is 5.56 Å². The summed E-state index contributed by atoms with van der Waals surface area (Å²) in [5, 5.41) is 9.52. The average molecular weight is 404 g/mol. The topological polar surface area (TPSA) is 89.8 Å². The lowest BCUT2D eigenvalue weighted by Gasteiger charge is -2.14. The van der Waals surface area contributed by atoms with E-state index in [0.717, 1.165) is 17.8 Å². The lowest BCUT2D eigenvalue weighted by Crippen LogP contribution is -2.28. The van der Waals surface area contributed by atoms with Crippen LogP contribution in [0.25, 0.3) is 0 Å². The molecule has 2 unspecified atom stereocenters. The van der Waals surface area contributed by atoms with Gasteiger partial charge in [-0.3, -0.25) is 9.59 Å². The number of H-pyrrole nitrogens is 1. The molecular weight excluding hydrogens is 386 g/mol. The summed E-state index contributed by atoms with van der Waals surface area (Å²) in [7, 11) is 1.70. The first kappa shape index (κ1) is 20.0. The lowest BCUT2D eigenvalue weighted by molar-refractivity contribution is -0.131. The van der Waals surface area contributed by atoms with Crippen molar-refractivity contribution in [3.8, 4) is 6.07 Å². The molecule has 0 bridgehead atoms. The average Bonchev–Trinajstić information content (AvgIpc) is 3.48. The lowest BCUT2D eigenvalue weighted by atomic mass is 10.1. The van der Waals surface area contributed by atoms with Gasteiger partial charge < -0.3 is 9.88 Å². The minimum absolute atomic E-state index is 0.0468. The first-order valence-electron chi connectivity index (χ1n) is 8.72. The molecule has 0 radical (unpaired) electrons. The molecule has 2 aromatic rings. The van der Waals surface area contributed by atoms with Gasteiger partial charge in [-0.15, -0.1) is 0 Å². The quantitative estimate of drug-likeness (QED) is 0.591. The first-order chi connectivity index (χ1) is 13.4. The highest BCUT2D eigenvalue weighted by atomic mass is 32.2.